The van der Waals surface area contributed by atoms with Gasteiger partial charge in [0.25, 0.3) is 0 Å². The van der Waals surface area contributed by atoms with Crippen LogP contribution in [0.2, 0.25) is 6.32 Å². The van der Waals surface area contributed by atoms with Gasteiger partial charge in [0.05, 0.1) is 7.85 Å². The Morgan fingerprint density at radius 1 is 1.67 bits per heavy atom. The van der Waals surface area contributed by atoms with Gasteiger partial charge in [-0.25, -0.2) is 0 Å². The maximum absolute atomic E-state index is 5.37. The van der Waals surface area contributed by atoms with Crippen molar-refractivity contribution in [3.05, 3.63) is 0 Å². The molecule has 1 aliphatic heterocycles. The minimum atomic E-state index is 0.830. The van der Waals surface area contributed by atoms with Gasteiger partial charge in [-0.2, -0.15) is 0 Å². The van der Waals surface area contributed by atoms with Crippen LogP contribution >= 0.6 is 0 Å². The number of rotatable bonds is 3. The van der Waals surface area contributed by atoms with Crippen molar-refractivity contribution >= 4 is 7.85 Å². The second-order valence-corrected chi connectivity index (χ2v) is 2.82. The molecular formula is C7H14BN. The van der Waals surface area contributed by atoms with Gasteiger partial charge in [-0.05, 0) is 32.9 Å². The average molecular weight is 123 g/mol. The van der Waals surface area contributed by atoms with Crippen molar-refractivity contribution in [2.24, 2.45) is 0 Å². The lowest BCUT2D eigenvalue weighted by molar-refractivity contribution is 0.105. The van der Waals surface area contributed by atoms with Gasteiger partial charge < -0.3 is 4.90 Å². The molecule has 0 aromatic carbocycles. The molecule has 0 aromatic rings. The molecule has 1 atom stereocenters. The zero-order chi connectivity index (χ0) is 6.69. The van der Waals surface area contributed by atoms with Crippen LogP contribution in [-0.4, -0.2) is 31.9 Å². The summed E-state index contributed by atoms with van der Waals surface area (Å²) in [5.74, 6) is 0. The fourth-order valence-electron chi connectivity index (χ4n) is 1.20. The summed E-state index contributed by atoms with van der Waals surface area (Å²) >= 11 is 0. The van der Waals surface area contributed by atoms with Gasteiger partial charge >= 0.3 is 0 Å². The van der Waals surface area contributed by atoms with E-state index in [0.717, 1.165) is 18.8 Å². The Bertz CT molecular complexity index is 85.0. The van der Waals surface area contributed by atoms with E-state index < -0.39 is 0 Å². The lowest BCUT2D eigenvalue weighted by Crippen LogP contribution is -2.45. The zero-order valence-electron chi connectivity index (χ0n) is 6.14. The molecular weight excluding hydrogens is 109 g/mol. The van der Waals surface area contributed by atoms with Crippen LogP contribution in [0.15, 0.2) is 0 Å². The summed E-state index contributed by atoms with van der Waals surface area (Å²) < 4.78 is 0. The monoisotopic (exact) mass is 123 g/mol. The molecule has 0 aliphatic carbocycles. The molecule has 1 rings (SSSR count). The highest BCUT2D eigenvalue weighted by Crippen LogP contribution is 2.15. The minimum Gasteiger partial charge on any atom is -0.301 e. The van der Waals surface area contributed by atoms with E-state index in [1.165, 1.54) is 19.5 Å². The topological polar surface area (TPSA) is 3.24 Å². The zero-order valence-corrected chi connectivity index (χ0v) is 6.14. The highest BCUT2D eigenvalue weighted by Gasteiger charge is 2.21. The summed E-state index contributed by atoms with van der Waals surface area (Å²) in [6.45, 7) is 4.78. The van der Waals surface area contributed by atoms with E-state index in [-0.39, 0.29) is 0 Å². The lowest BCUT2D eigenvalue weighted by atomic mass is 9.99. The first kappa shape index (κ1) is 7.14. The second kappa shape index (κ2) is 3.26. The Balaban J connectivity index is 1.99. The molecule has 0 bridgehead atoms. The summed E-state index contributed by atoms with van der Waals surface area (Å²) in [6, 6.07) is 0.830. The maximum atomic E-state index is 5.37. The van der Waals surface area contributed by atoms with Crippen LogP contribution in [0.3, 0.4) is 0 Å². The van der Waals surface area contributed by atoms with E-state index in [4.69, 9.17) is 7.85 Å². The van der Waals surface area contributed by atoms with E-state index in [1.54, 1.807) is 0 Å². The summed E-state index contributed by atoms with van der Waals surface area (Å²) in [6.07, 6.45) is 3.37. The van der Waals surface area contributed by atoms with Gasteiger partial charge in [-0.15, -0.1) is 0 Å². The number of nitrogens with zero attached hydrogens (tertiary/aromatic N) is 1. The van der Waals surface area contributed by atoms with Crippen molar-refractivity contribution in [1.82, 2.24) is 4.90 Å². The van der Waals surface area contributed by atoms with Crippen LogP contribution in [0.4, 0.5) is 0 Å². The Morgan fingerprint density at radius 3 is 2.78 bits per heavy atom. The Kier molecular flexibility index (Phi) is 2.58. The predicted molar refractivity (Wildman–Crippen MR) is 40.8 cm³/mol. The van der Waals surface area contributed by atoms with Gasteiger partial charge in [0.15, 0.2) is 0 Å². The second-order valence-electron chi connectivity index (χ2n) is 2.82. The Hall–Kier alpha value is 0.0249. The SMILES string of the molecule is [B]CCCN1CC[C@H]1C. The smallest absolute Gasteiger partial charge is 0.0653 e. The van der Waals surface area contributed by atoms with E-state index >= 15 is 0 Å². The molecule has 1 fully saturated rings. The first-order valence-corrected chi connectivity index (χ1v) is 3.78. The molecule has 1 saturated heterocycles. The molecule has 2 heteroatoms. The van der Waals surface area contributed by atoms with Gasteiger partial charge in [-0.3, -0.25) is 0 Å². The minimum absolute atomic E-state index is 0.830. The summed E-state index contributed by atoms with van der Waals surface area (Å²) in [4.78, 5) is 2.48. The first-order chi connectivity index (χ1) is 4.34. The molecule has 50 valence electrons. The average Bonchev–Trinajstić information content (AvgIpc) is 1.86. The number of hydrogen-bond acceptors (Lipinski definition) is 1. The summed E-state index contributed by atoms with van der Waals surface area (Å²) in [5.41, 5.74) is 0. The Labute approximate surface area is 58.8 Å². The molecule has 9 heavy (non-hydrogen) atoms. The lowest BCUT2D eigenvalue weighted by Gasteiger charge is -2.38. The van der Waals surface area contributed by atoms with Gasteiger partial charge in [0.2, 0.25) is 0 Å². The largest absolute Gasteiger partial charge is 0.301 e. The number of likely N-dealkylation sites (tertiary alicyclic amines) is 1. The van der Waals surface area contributed by atoms with Crippen molar-refractivity contribution < 1.29 is 0 Å². The normalized spacial score (nSPS) is 27.9. The van der Waals surface area contributed by atoms with E-state index in [0.29, 0.717) is 0 Å². The molecule has 0 saturated carbocycles. The van der Waals surface area contributed by atoms with Crippen LogP contribution in [0.5, 0.6) is 0 Å². The highest BCUT2D eigenvalue weighted by molar-refractivity contribution is 6.08. The number of hydrogen-bond donors (Lipinski definition) is 0. The molecule has 1 aliphatic rings. The van der Waals surface area contributed by atoms with Crippen molar-refractivity contribution in [3.63, 3.8) is 0 Å². The fraction of sp³-hybridized carbons (Fsp3) is 1.00. The third-order valence-electron chi connectivity index (χ3n) is 2.11. The van der Waals surface area contributed by atoms with Crippen LogP contribution in [-0.2, 0) is 0 Å². The van der Waals surface area contributed by atoms with Crippen LogP contribution in [0.1, 0.15) is 19.8 Å². The maximum Gasteiger partial charge on any atom is 0.0653 e. The standard InChI is InChI=1S/C7H14BN/c1-7-3-6-9(7)5-2-4-8/h7H,2-6H2,1H3/t7-/m1/s1. The fourth-order valence-corrected chi connectivity index (χ4v) is 1.20. The molecule has 0 spiro atoms. The summed E-state index contributed by atoms with van der Waals surface area (Å²) in [5, 5.41) is 0. The Morgan fingerprint density at radius 2 is 2.44 bits per heavy atom. The van der Waals surface area contributed by atoms with Crippen LogP contribution in [0, 0.1) is 0 Å². The van der Waals surface area contributed by atoms with Gasteiger partial charge in [0, 0.05) is 6.04 Å². The molecule has 0 aromatic heterocycles. The van der Waals surface area contributed by atoms with Gasteiger partial charge in [-0.1, -0.05) is 6.32 Å². The van der Waals surface area contributed by atoms with Crippen molar-refractivity contribution in [1.29, 1.82) is 0 Å². The molecule has 2 radical (unpaired) electrons. The van der Waals surface area contributed by atoms with E-state index in [9.17, 15) is 0 Å². The highest BCUT2D eigenvalue weighted by atomic mass is 15.2. The third kappa shape index (κ3) is 1.72. The quantitative estimate of drug-likeness (QED) is 0.507. The van der Waals surface area contributed by atoms with E-state index in [2.05, 4.69) is 11.8 Å². The molecule has 0 unspecified atom stereocenters. The van der Waals surface area contributed by atoms with E-state index in [1.807, 2.05) is 0 Å². The van der Waals surface area contributed by atoms with Crippen molar-refractivity contribution in [3.8, 4) is 0 Å². The van der Waals surface area contributed by atoms with Crippen LogP contribution in [0.25, 0.3) is 0 Å². The van der Waals surface area contributed by atoms with Crippen LogP contribution < -0.4 is 0 Å². The first-order valence-electron chi connectivity index (χ1n) is 3.78. The molecule has 0 amide bonds. The molecule has 1 heterocycles. The third-order valence-corrected chi connectivity index (χ3v) is 2.11. The van der Waals surface area contributed by atoms with Crippen molar-refractivity contribution in [2.75, 3.05) is 13.1 Å². The van der Waals surface area contributed by atoms with Crippen molar-refractivity contribution in [2.45, 2.75) is 32.1 Å². The molecule has 0 N–H and O–H groups in total. The molecule has 1 nitrogen and oxygen atoms in total. The predicted octanol–water partition coefficient (Wildman–Crippen LogP) is 1.06. The van der Waals surface area contributed by atoms with Gasteiger partial charge in [0.1, 0.15) is 0 Å². The summed E-state index contributed by atoms with van der Waals surface area (Å²) in [7, 11) is 5.37.